The van der Waals surface area contributed by atoms with Crippen LogP contribution in [0.2, 0.25) is 0 Å². The molecule has 1 aliphatic heterocycles. The molecule has 1 aromatic carbocycles. The van der Waals surface area contributed by atoms with Crippen molar-refractivity contribution in [2.75, 3.05) is 6.61 Å². The van der Waals surface area contributed by atoms with E-state index in [0.29, 0.717) is 5.56 Å². The fourth-order valence-electron chi connectivity index (χ4n) is 2.12. The SMILES string of the molecule is O=C(C=Cc1ccccc1O)CC1OC[C@@H](O)[C@H](O)[C@H]1O. The van der Waals surface area contributed by atoms with Crippen LogP contribution in [-0.2, 0) is 9.53 Å². The molecular weight excluding hydrogens is 276 g/mol. The maximum absolute atomic E-state index is 11.8. The highest BCUT2D eigenvalue weighted by molar-refractivity contribution is 5.94. The molecule has 0 amide bonds. The third-order valence-corrected chi connectivity index (χ3v) is 3.39. The van der Waals surface area contributed by atoms with Gasteiger partial charge in [0.2, 0.25) is 0 Å². The number of aromatic hydroxyl groups is 1. The molecule has 1 heterocycles. The predicted octanol–water partition coefficient (Wildman–Crippen LogP) is -0.154. The van der Waals surface area contributed by atoms with Crippen molar-refractivity contribution >= 4 is 11.9 Å². The minimum absolute atomic E-state index is 0.0639. The highest BCUT2D eigenvalue weighted by atomic mass is 16.5. The Labute approximate surface area is 121 Å². The van der Waals surface area contributed by atoms with Gasteiger partial charge >= 0.3 is 0 Å². The topological polar surface area (TPSA) is 107 Å². The number of rotatable bonds is 4. The summed E-state index contributed by atoms with van der Waals surface area (Å²) in [5.74, 6) is -0.250. The van der Waals surface area contributed by atoms with Gasteiger partial charge in [0.05, 0.1) is 12.7 Å². The Kier molecular flexibility index (Phi) is 5.08. The second-order valence-electron chi connectivity index (χ2n) is 4.98. The van der Waals surface area contributed by atoms with E-state index in [1.54, 1.807) is 18.2 Å². The van der Waals surface area contributed by atoms with Crippen molar-refractivity contribution in [2.24, 2.45) is 0 Å². The quantitative estimate of drug-likeness (QED) is 0.575. The van der Waals surface area contributed by atoms with Gasteiger partial charge in [-0.15, -0.1) is 0 Å². The molecule has 0 radical (unpaired) electrons. The van der Waals surface area contributed by atoms with Crippen molar-refractivity contribution in [2.45, 2.75) is 30.8 Å². The summed E-state index contributed by atoms with van der Waals surface area (Å²) < 4.78 is 5.16. The summed E-state index contributed by atoms with van der Waals surface area (Å²) in [5.41, 5.74) is 0.506. The minimum atomic E-state index is -1.32. The zero-order valence-electron chi connectivity index (χ0n) is 11.3. The van der Waals surface area contributed by atoms with Crippen molar-refractivity contribution in [1.82, 2.24) is 0 Å². The number of hydrogen-bond donors (Lipinski definition) is 4. The van der Waals surface area contributed by atoms with Gasteiger partial charge in [0.25, 0.3) is 0 Å². The van der Waals surface area contributed by atoms with E-state index in [0.717, 1.165) is 0 Å². The first-order valence-electron chi connectivity index (χ1n) is 6.63. The average molecular weight is 294 g/mol. The maximum Gasteiger partial charge on any atom is 0.158 e. The van der Waals surface area contributed by atoms with Gasteiger partial charge in [0.1, 0.15) is 24.1 Å². The van der Waals surface area contributed by atoms with Crippen molar-refractivity contribution in [3.05, 3.63) is 35.9 Å². The number of phenolic OH excluding ortho intramolecular Hbond substituents is 1. The Morgan fingerprint density at radius 3 is 2.67 bits per heavy atom. The van der Waals surface area contributed by atoms with E-state index in [-0.39, 0.29) is 24.6 Å². The van der Waals surface area contributed by atoms with Gasteiger partial charge in [-0.25, -0.2) is 0 Å². The number of carbonyl (C=O) groups excluding carboxylic acids is 1. The van der Waals surface area contributed by atoms with Crippen LogP contribution in [0.1, 0.15) is 12.0 Å². The average Bonchev–Trinajstić information content (AvgIpc) is 2.47. The number of benzene rings is 1. The molecule has 0 aliphatic carbocycles. The summed E-state index contributed by atoms with van der Waals surface area (Å²) in [5, 5.41) is 38.1. The van der Waals surface area contributed by atoms with E-state index in [9.17, 15) is 25.2 Å². The first kappa shape index (κ1) is 15.7. The van der Waals surface area contributed by atoms with Crippen molar-refractivity contribution in [3.8, 4) is 5.75 Å². The Hall–Kier alpha value is -1.73. The van der Waals surface area contributed by atoms with E-state index in [2.05, 4.69) is 0 Å². The van der Waals surface area contributed by atoms with Gasteiger partial charge in [-0.1, -0.05) is 18.2 Å². The fraction of sp³-hybridized carbons (Fsp3) is 0.400. The molecule has 1 saturated heterocycles. The standard InChI is InChI=1S/C15H18O6/c16-10(6-5-9-3-1-2-4-11(9)17)7-13-15(20)14(19)12(18)8-21-13/h1-6,12-15,17-20H,7-8H2/t12-,13?,14+,15+/m1/s1. The first-order valence-corrected chi connectivity index (χ1v) is 6.63. The number of allylic oxidation sites excluding steroid dienone is 1. The summed E-state index contributed by atoms with van der Waals surface area (Å²) in [7, 11) is 0. The molecule has 4 N–H and O–H groups in total. The number of ether oxygens (including phenoxy) is 1. The molecule has 0 aromatic heterocycles. The lowest BCUT2D eigenvalue weighted by Gasteiger charge is -2.34. The third kappa shape index (κ3) is 3.89. The fourth-order valence-corrected chi connectivity index (χ4v) is 2.12. The Balaban J connectivity index is 1.94. The summed E-state index contributed by atoms with van der Waals surface area (Å²) in [4.78, 5) is 11.8. The summed E-state index contributed by atoms with van der Waals surface area (Å²) >= 11 is 0. The molecule has 6 nitrogen and oxygen atoms in total. The maximum atomic E-state index is 11.8. The first-order chi connectivity index (χ1) is 9.99. The lowest BCUT2D eigenvalue weighted by atomic mass is 9.96. The molecule has 6 heteroatoms. The van der Waals surface area contributed by atoms with E-state index < -0.39 is 24.4 Å². The second kappa shape index (κ2) is 6.82. The molecular formula is C15H18O6. The number of carbonyl (C=O) groups is 1. The van der Waals surface area contributed by atoms with E-state index in [1.165, 1.54) is 18.2 Å². The molecule has 0 saturated carbocycles. The summed E-state index contributed by atoms with van der Waals surface area (Å²) in [6.45, 7) is -0.126. The smallest absolute Gasteiger partial charge is 0.158 e. The van der Waals surface area contributed by atoms with Gasteiger partial charge in [0.15, 0.2) is 5.78 Å². The molecule has 114 valence electrons. The van der Waals surface area contributed by atoms with Crippen molar-refractivity contribution in [1.29, 1.82) is 0 Å². The van der Waals surface area contributed by atoms with Crippen molar-refractivity contribution < 1.29 is 30.0 Å². The lowest BCUT2D eigenvalue weighted by molar-refractivity contribution is -0.188. The lowest BCUT2D eigenvalue weighted by Crippen LogP contribution is -2.53. The van der Waals surface area contributed by atoms with Crippen molar-refractivity contribution in [3.63, 3.8) is 0 Å². The predicted molar refractivity (Wildman–Crippen MR) is 74.5 cm³/mol. The van der Waals surface area contributed by atoms with Crippen LogP contribution in [0.4, 0.5) is 0 Å². The molecule has 4 atom stereocenters. The number of ketones is 1. The van der Waals surface area contributed by atoms with Gasteiger partial charge in [-0.3, -0.25) is 4.79 Å². The van der Waals surface area contributed by atoms with Crippen LogP contribution in [0.25, 0.3) is 6.08 Å². The van der Waals surface area contributed by atoms with Crippen LogP contribution in [0.5, 0.6) is 5.75 Å². The largest absolute Gasteiger partial charge is 0.507 e. The molecule has 1 unspecified atom stereocenters. The van der Waals surface area contributed by atoms with Crippen LogP contribution in [0.3, 0.4) is 0 Å². The van der Waals surface area contributed by atoms with Crippen LogP contribution in [-0.4, -0.2) is 57.2 Å². The van der Waals surface area contributed by atoms with E-state index in [4.69, 9.17) is 4.74 Å². The van der Waals surface area contributed by atoms with E-state index >= 15 is 0 Å². The molecule has 0 bridgehead atoms. The Morgan fingerprint density at radius 1 is 1.24 bits per heavy atom. The second-order valence-corrected chi connectivity index (χ2v) is 4.98. The van der Waals surface area contributed by atoms with Gasteiger partial charge < -0.3 is 25.2 Å². The van der Waals surface area contributed by atoms with Crippen LogP contribution in [0, 0.1) is 0 Å². The highest BCUT2D eigenvalue weighted by Gasteiger charge is 2.37. The number of aliphatic hydroxyl groups is 3. The van der Waals surface area contributed by atoms with Gasteiger partial charge in [-0.2, -0.15) is 0 Å². The molecule has 2 rings (SSSR count). The van der Waals surface area contributed by atoms with Gasteiger partial charge in [0, 0.05) is 12.0 Å². The van der Waals surface area contributed by atoms with Gasteiger partial charge in [-0.05, 0) is 18.2 Å². The molecule has 0 spiro atoms. The molecule has 1 aromatic rings. The number of para-hydroxylation sites is 1. The van der Waals surface area contributed by atoms with Crippen LogP contribution < -0.4 is 0 Å². The Bertz CT molecular complexity index is 527. The van der Waals surface area contributed by atoms with E-state index in [1.807, 2.05) is 0 Å². The minimum Gasteiger partial charge on any atom is -0.507 e. The summed E-state index contributed by atoms with van der Waals surface area (Å²) in [6.07, 6.45) is -2.00. The Morgan fingerprint density at radius 2 is 1.95 bits per heavy atom. The van der Waals surface area contributed by atoms with Crippen LogP contribution in [0.15, 0.2) is 30.3 Å². The zero-order chi connectivity index (χ0) is 15.4. The zero-order valence-corrected chi connectivity index (χ0v) is 11.3. The number of phenols is 1. The highest BCUT2D eigenvalue weighted by Crippen LogP contribution is 2.20. The van der Waals surface area contributed by atoms with Crippen LogP contribution >= 0.6 is 0 Å². The monoisotopic (exact) mass is 294 g/mol. The third-order valence-electron chi connectivity index (χ3n) is 3.39. The number of hydrogen-bond acceptors (Lipinski definition) is 6. The normalized spacial score (nSPS) is 29.7. The molecule has 21 heavy (non-hydrogen) atoms. The molecule has 1 aliphatic rings. The molecule has 1 fully saturated rings. The number of aliphatic hydroxyl groups excluding tert-OH is 3. The summed E-state index contributed by atoms with van der Waals surface area (Å²) in [6, 6.07) is 6.57.